The fourth-order valence-electron chi connectivity index (χ4n) is 3.87. The van der Waals surface area contributed by atoms with Crippen LogP contribution in [0.2, 0.25) is 0 Å². The van der Waals surface area contributed by atoms with E-state index >= 15 is 0 Å². The average Bonchev–Trinajstić information content (AvgIpc) is 3.22. The largest absolute Gasteiger partial charge is 0.396 e. The molecule has 1 N–H and O–H groups in total. The van der Waals surface area contributed by atoms with Gasteiger partial charge < -0.3 is 14.5 Å². The van der Waals surface area contributed by atoms with E-state index in [4.69, 9.17) is 14.6 Å². The van der Waals surface area contributed by atoms with Crippen LogP contribution < -0.4 is 0 Å². The van der Waals surface area contributed by atoms with Gasteiger partial charge in [0.1, 0.15) is 0 Å². The standard InChI is InChI=1S/C22H27N3O2/c26-15-5-1-4-12-25-13-10-18(11-14-25)22-23-21(24-27-22)20-9-8-17-6-2-3-7-19(17)16-20/h2-3,6-9,16,18,26H,1,4-5,10-15H2. The maximum absolute atomic E-state index is 8.86. The van der Waals surface area contributed by atoms with Gasteiger partial charge in [-0.2, -0.15) is 4.98 Å². The Hall–Kier alpha value is -2.24. The molecule has 0 saturated carbocycles. The lowest BCUT2D eigenvalue weighted by Crippen LogP contribution is -2.33. The van der Waals surface area contributed by atoms with E-state index in [1.807, 2.05) is 12.1 Å². The summed E-state index contributed by atoms with van der Waals surface area (Å²) in [5.74, 6) is 1.82. The maximum Gasteiger partial charge on any atom is 0.230 e. The highest BCUT2D eigenvalue weighted by Gasteiger charge is 2.25. The van der Waals surface area contributed by atoms with Crippen LogP contribution in [0.25, 0.3) is 22.2 Å². The second-order valence-corrected chi connectivity index (χ2v) is 7.42. The van der Waals surface area contributed by atoms with Crippen LogP contribution in [0.5, 0.6) is 0 Å². The highest BCUT2D eigenvalue weighted by molar-refractivity contribution is 5.86. The van der Waals surface area contributed by atoms with Gasteiger partial charge in [0.25, 0.3) is 0 Å². The summed E-state index contributed by atoms with van der Waals surface area (Å²) in [5.41, 5.74) is 1.00. The van der Waals surface area contributed by atoms with Crippen LogP contribution in [-0.4, -0.2) is 46.4 Å². The zero-order valence-electron chi connectivity index (χ0n) is 15.7. The smallest absolute Gasteiger partial charge is 0.230 e. The molecule has 1 aliphatic rings. The second kappa shape index (κ2) is 8.63. The van der Waals surface area contributed by atoms with Crippen molar-refractivity contribution in [3.05, 3.63) is 48.4 Å². The summed E-state index contributed by atoms with van der Waals surface area (Å²) in [6, 6.07) is 14.6. The first-order chi connectivity index (χ1) is 13.3. The Labute approximate surface area is 160 Å². The second-order valence-electron chi connectivity index (χ2n) is 7.42. The molecule has 1 saturated heterocycles. The summed E-state index contributed by atoms with van der Waals surface area (Å²) in [4.78, 5) is 7.21. The van der Waals surface area contributed by atoms with E-state index in [0.29, 0.717) is 18.3 Å². The number of rotatable bonds is 7. The van der Waals surface area contributed by atoms with E-state index in [0.717, 1.165) is 63.2 Å². The average molecular weight is 365 g/mol. The molecule has 0 amide bonds. The molecular formula is C22H27N3O2. The molecule has 2 aromatic carbocycles. The van der Waals surface area contributed by atoms with Gasteiger partial charge in [0, 0.05) is 18.1 Å². The first-order valence-corrected chi connectivity index (χ1v) is 9.99. The third kappa shape index (κ3) is 4.37. The Morgan fingerprint density at radius 1 is 1.00 bits per heavy atom. The van der Waals surface area contributed by atoms with Crippen LogP contribution in [-0.2, 0) is 0 Å². The summed E-state index contributed by atoms with van der Waals surface area (Å²) in [6.07, 6.45) is 5.32. The SMILES string of the molecule is OCCCCCN1CCC(c2nc(-c3ccc4ccccc4c3)no2)CC1. The Morgan fingerprint density at radius 3 is 2.63 bits per heavy atom. The highest BCUT2D eigenvalue weighted by Crippen LogP contribution is 2.29. The van der Waals surface area contributed by atoms with Crippen molar-refractivity contribution in [2.45, 2.75) is 38.0 Å². The predicted molar refractivity (Wildman–Crippen MR) is 107 cm³/mol. The Bertz CT molecular complexity index is 869. The Kier molecular flexibility index (Phi) is 5.80. The van der Waals surface area contributed by atoms with Crippen molar-refractivity contribution in [3.63, 3.8) is 0 Å². The zero-order chi connectivity index (χ0) is 18.5. The molecule has 4 rings (SSSR count). The normalized spacial score (nSPS) is 16.2. The molecule has 5 nitrogen and oxygen atoms in total. The summed E-state index contributed by atoms with van der Waals surface area (Å²) in [5, 5.41) is 15.5. The minimum atomic E-state index is 0.304. The van der Waals surface area contributed by atoms with Gasteiger partial charge in [0.2, 0.25) is 11.7 Å². The van der Waals surface area contributed by atoms with E-state index in [1.54, 1.807) is 0 Å². The number of likely N-dealkylation sites (tertiary alicyclic amines) is 1. The molecular weight excluding hydrogens is 338 g/mol. The Balaban J connectivity index is 1.37. The van der Waals surface area contributed by atoms with Crippen molar-refractivity contribution in [1.29, 1.82) is 0 Å². The molecule has 5 heteroatoms. The van der Waals surface area contributed by atoms with Crippen LogP contribution in [0.4, 0.5) is 0 Å². The molecule has 142 valence electrons. The third-order valence-corrected chi connectivity index (χ3v) is 5.52. The highest BCUT2D eigenvalue weighted by atomic mass is 16.5. The molecule has 0 aliphatic carbocycles. The van der Waals surface area contributed by atoms with Crippen molar-refractivity contribution in [3.8, 4) is 11.4 Å². The molecule has 0 atom stereocenters. The fraction of sp³-hybridized carbons (Fsp3) is 0.455. The first kappa shape index (κ1) is 18.1. The minimum absolute atomic E-state index is 0.304. The number of fused-ring (bicyclic) bond motifs is 1. The quantitative estimate of drug-likeness (QED) is 0.635. The summed E-state index contributed by atoms with van der Waals surface area (Å²) < 4.78 is 5.61. The van der Waals surface area contributed by atoms with Crippen molar-refractivity contribution in [1.82, 2.24) is 15.0 Å². The van der Waals surface area contributed by atoms with Gasteiger partial charge in [-0.25, -0.2) is 0 Å². The van der Waals surface area contributed by atoms with Gasteiger partial charge in [-0.05, 0) is 68.6 Å². The number of aliphatic hydroxyl groups is 1. The lowest BCUT2D eigenvalue weighted by atomic mass is 9.96. The van der Waals surface area contributed by atoms with Gasteiger partial charge in [-0.1, -0.05) is 41.6 Å². The van der Waals surface area contributed by atoms with Crippen molar-refractivity contribution in [2.75, 3.05) is 26.2 Å². The fourth-order valence-corrected chi connectivity index (χ4v) is 3.87. The number of hydrogen-bond acceptors (Lipinski definition) is 5. The maximum atomic E-state index is 8.86. The van der Waals surface area contributed by atoms with Gasteiger partial charge in [-0.15, -0.1) is 0 Å². The van der Waals surface area contributed by atoms with E-state index in [9.17, 15) is 0 Å². The van der Waals surface area contributed by atoms with Crippen LogP contribution in [0.1, 0.15) is 43.9 Å². The number of nitrogens with zero attached hydrogens (tertiary/aromatic N) is 3. The number of unbranched alkanes of at least 4 members (excludes halogenated alkanes) is 2. The van der Waals surface area contributed by atoms with E-state index in [-0.39, 0.29) is 0 Å². The van der Waals surface area contributed by atoms with Crippen LogP contribution in [0, 0.1) is 0 Å². The molecule has 0 spiro atoms. The van der Waals surface area contributed by atoms with Crippen LogP contribution >= 0.6 is 0 Å². The monoisotopic (exact) mass is 365 g/mol. The van der Waals surface area contributed by atoms with Crippen molar-refractivity contribution in [2.24, 2.45) is 0 Å². The molecule has 0 radical (unpaired) electrons. The lowest BCUT2D eigenvalue weighted by molar-refractivity contribution is 0.189. The summed E-state index contributed by atoms with van der Waals surface area (Å²) >= 11 is 0. The Morgan fingerprint density at radius 2 is 1.81 bits per heavy atom. The summed E-state index contributed by atoms with van der Waals surface area (Å²) in [6.45, 7) is 3.59. The number of benzene rings is 2. The molecule has 0 bridgehead atoms. The molecule has 3 aromatic rings. The first-order valence-electron chi connectivity index (χ1n) is 9.99. The van der Waals surface area contributed by atoms with Gasteiger partial charge in [0.05, 0.1) is 0 Å². The molecule has 27 heavy (non-hydrogen) atoms. The van der Waals surface area contributed by atoms with Gasteiger partial charge in [-0.3, -0.25) is 0 Å². The molecule has 0 unspecified atom stereocenters. The minimum Gasteiger partial charge on any atom is -0.396 e. The molecule has 1 fully saturated rings. The number of piperidine rings is 1. The predicted octanol–water partition coefficient (Wildman–Crippen LogP) is 4.23. The van der Waals surface area contributed by atoms with Crippen molar-refractivity contribution >= 4 is 10.8 Å². The zero-order valence-corrected chi connectivity index (χ0v) is 15.7. The number of hydrogen-bond donors (Lipinski definition) is 1. The van der Waals surface area contributed by atoms with Gasteiger partial charge in [0.15, 0.2) is 0 Å². The van der Waals surface area contributed by atoms with E-state index < -0.39 is 0 Å². The van der Waals surface area contributed by atoms with Gasteiger partial charge >= 0.3 is 0 Å². The third-order valence-electron chi connectivity index (χ3n) is 5.52. The number of aromatic nitrogens is 2. The van der Waals surface area contributed by atoms with Crippen LogP contribution in [0.15, 0.2) is 47.0 Å². The lowest BCUT2D eigenvalue weighted by Gasteiger charge is -2.30. The molecule has 1 aromatic heterocycles. The molecule has 2 heterocycles. The summed E-state index contributed by atoms with van der Waals surface area (Å²) in [7, 11) is 0. The van der Waals surface area contributed by atoms with E-state index in [1.165, 1.54) is 10.8 Å². The molecule has 1 aliphatic heterocycles. The number of aliphatic hydroxyl groups excluding tert-OH is 1. The van der Waals surface area contributed by atoms with E-state index in [2.05, 4.69) is 40.4 Å². The van der Waals surface area contributed by atoms with Crippen molar-refractivity contribution < 1.29 is 9.63 Å². The topological polar surface area (TPSA) is 62.4 Å². The van der Waals surface area contributed by atoms with Crippen LogP contribution in [0.3, 0.4) is 0 Å².